The molecule has 0 unspecified atom stereocenters. The van der Waals surface area contributed by atoms with E-state index in [4.69, 9.17) is 52.1 Å². The number of nitrogens with one attached hydrogen (secondary N) is 2. The Morgan fingerprint density at radius 2 is 0.789 bits per heavy atom. The highest BCUT2D eigenvalue weighted by Gasteiger charge is 2.58. The van der Waals surface area contributed by atoms with Crippen molar-refractivity contribution in [3.05, 3.63) is 0 Å². The second-order valence-electron chi connectivity index (χ2n) is 18.2. The fraction of sp³-hybridized carbons (Fsp3) is 0.950. The van der Waals surface area contributed by atoms with E-state index in [9.17, 15) is 91.3 Å². The minimum Gasteiger partial charge on any atom is -0.394 e. The summed E-state index contributed by atoms with van der Waals surface area (Å²) in [6.45, 7) is 1.11. The Kier molecular flexibility index (Phi) is 20.2. The second kappa shape index (κ2) is 24.7. The summed E-state index contributed by atoms with van der Waals surface area (Å²) in [6.07, 6.45) is -50.1. The van der Waals surface area contributed by atoms with E-state index >= 15 is 0 Å². The van der Waals surface area contributed by atoms with Crippen LogP contribution in [-0.4, -0.2) is 304 Å². The van der Waals surface area contributed by atoms with Crippen LogP contribution < -0.4 is 10.6 Å². The summed E-state index contributed by atoms with van der Waals surface area (Å²) in [5, 5.41) is 176. The van der Waals surface area contributed by atoms with Crippen molar-refractivity contribution in [2.45, 2.75) is 212 Å². The molecule has 6 fully saturated rings. The van der Waals surface area contributed by atoms with Crippen LogP contribution in [0, 0.1) is 0 Å². The molecule has 6 aliphatic heterocycles. The Bertz CT molecular complexity index is 1710. The highest BCUT2D eigenvalue weighted by atomic mass is 16.8. The number of aliphatic hydroxyl groups excluding tert-OH is 16. The first-order valence-electron chi connectivity index (χ1n) is 22.8. The maximum atomic E-state index is 12.8. The van der Waals surface area contributed by atoms with E-state index in [2.05, 4.69) is 10.6 Å². The van der Waals surface area contributed by atoms with Crippen LogP contribution in [0.3, 0.4) is 0 Å². The maximum Gasteiger partial charge on any atom is 0.217 e. The first-order chi connectivity index (χ1) is 33.4. The summed E-state index contributed by atoms with van der Waals surface area (Å²) in [5.41, 5.74) is 0. The van der Waals surface area contributed by atoms with Crippen LogP contribution in [0.5, 0.6) is 0 Å². The van der Waals surface area contributed by atoms with E-state index in [0.717, 1.165) is 13.8 Å². The van der Waals surface area contributed by atoms with Gasteiger partial charge in [-0.1, -0.05) is 0 Å². The van der Waals surface area contributed by atoms with E-state index in [1.807, 2.05) is 0 Å². The van der Waals surface area contributed by atoms with Crippen LogP contribution in [0.4, 0.5) is 0 Å². The molecule has 6 rings (SSSR count). The largest absolute Gasteiger partial charge is 0.394 e. The number of hydrogen-bond acceptors (Lipinski definition) is 29. The molecule has 0 aromatic heterocycles. The van der Waals surface area contributed by atoms with Gasteiger partial charge in [0.1, 0.15) is 134 Å². The van der Waals surface area contributed by atoms with Gasteiger partial charge in [-0.25, -0.2) is 0 Å². The molecule has 31 heteroatoms. The average Bonchev–Trinajstić information content (AvgIpc) is 3.33. The minimum absolute atomic E-state index is 0.779. The van der Waals surface area contributed by atoms with Crippen LogP contribution in [0.1, 0.15) is 27.7 Å². The first kappa shape index (κ1) is 58.1. The maximum absolute atomic E-state index is 12.8. The molecule has 0 saturated carbocycles. The molecule has 18 N–H and O–H groups in total. The van der Waals surface area contributed by atoms with Crippen molar-refractivity contribution in [2.75, 3.05) is 26.4 Å². The van der Waals surface area contributed by atoms with Crippen LogP contribution in [0.2, 0.25) is 0 Å². The second-order valence-corrected chi connectivity index (χ2v) is 18.2. The molecule has 0 spiro atoms. The van der Waals surface area contributed by atoms with Gasteiger partial charge in [-0.3, -0.25) is 9.59 Å². The molecule has 6 aliphatic rings. The summed E-state index contributed by atoms with van der Waals surface area (Å²) >= 11 is 0. The number of amides is 2. The van der Waals surface area contributed by atoms with Gasteiger partial charge in [0.25, 0.3) is 0 Å². The Labute approximate surface area is 403 Å². The lowest BCUT2D eigenvalue weighted by molar-refractivity contribution is -0.384. The summed E-state index contributed by atoms with van der Waals surface area (Å²) < 4.78 is 63.9. The lowest BCUT2D eigenvalue weighted by Crippen LogP contribution is -2.71. The van der Waals surface area contributed by atoms with Crippen molar-refractivity contribution >= 4 is 11.8 Å². The van der Waals surface area contributed by atoms with Crippen LogP contribution in [-0.2, 0) is 61.7 Å². The molecule has 2 amide bonds. The monoisotopic (exact) mass is 1040 g/mol. The van der Waals surface area contributed by atoms with Gasteiger partial charge in [-0.05, 0) is 13.8 Å². The number of aliphatic hydroxyl groups is 16. The fourth-order valence-corrected chi connectivity index (χ4v) is 9.11. The SMILES string of the molecule is CC(=O)N[C@@H]1[C@@H](O[C@@H]2O[C@@H](C)[C@@H](O)[C@@H](O)[C@@H]2O)[C@H](O[C@@H]2O[C@H](CO)[C@@H](O[C@H]3O[C@H](CO)[C@@H](O[C@H]4O[C@H](CO)[C@@H](O)[C@H](O)[C@@H]4O)[C@H](O)[C@@H]3O)[C@H](O)[C@H]2NC(C)=O)[C@@H](CO[C@@H]2O[C@@H](C)[C@@H](O)[C@@H](O)[C@@H]2O)O[C@H]1O. The van der Waals surface area contributed by atoms with Crippen molar-refractivity contribution in [2.24, 2.45) is 0 Å². The quantitative estimate of drug-likeness (QED) is 0.0682. The summed E-state index contributed by atoms with van der Waals surface area (Å²) in [6, 6.07) is -3.47. The molecule has 30 atom stereocenters. The molecule has 412 valence electrons. The number of carbonyl (C=O) groups excluding carboxylic acids is 2. The molecule has 6 heterocycles. The van der Waals surface area contributed by atoms with Crippen molar-refractivity contribution in [1.82, 2.24) is 10.6 Å². The van der Waals surface area contributed by atoms with Gasteiger partial charge in [0, 0.05) is 13.8 Å². The van der Waals surface area contributed by atoms with E-state index in [0.29, 0.717) is 0 Å². The third-order valence-corrected chi connectivity index (χ3v) is 13.1. The first-order valence-corrected chi connectivity index (χ1v) is 22.8. The Morgan fingerprint density at radius 3 is 1.31 bits per heavy atom. The zero-order valence-electron chi connectivity index (χ0n) is 38.6. The lowest BCUT2D eigenvalue weighted by Gasteiger charge is -2.51. The molecule has 0 aromatic carbocycles. The molecule has 0 aliphatic carbocycles. The minimum atomic E-state index is -2.15. The smallest absolute Gasteiger partial charge is 0.217 e. The van der Waals surface area contributed by atoms with Crippen LogP contribution in [0.15, 0.2) is 0 Å². The van der Waals surface area contributed by atoms with Gasteiger partial charge >= 0.3 is 0 Å². The van der Waals surface area contributed by atoms with Crippen molar-refractivity contribution < 1.29 is 143 Å². The zero-order chi connectivity index (χ0) is 52.5. The number of rotatable bonds is 16. The van der Waals surface area contributed by atoms with Crippen LogP contribution in [0.25, 0.3) is 0 Å². The topological polar surface area (TPSA) is 483 Å². The molecular weight excluding hydrogens is 972 g/mol. The van der Waals surface area contributed by atoms with Crippen LogP contribution >= 0.6 is 0 Å². The van der Waals surface area contributed by atoms with Crippen molar-refractivity contribution in [3.63, 3.8) is 0 Å². The summed E-state index contributed by atoms with van der Waals surface area (Å²) in [7, 11) is 0. The van der Waals surface area contributed by atoms with Crippen molar-refractivity contribution in [3.8, 4) is 0 Å². The third kappa shape index (κ3) is 12.6. The lowest BCUT2D eigenvalue weighted by atomic mass is 9.93. The standard InChI is InChI=1S/C40H68N2O29/c1-9-19(48)23(52)27(56)37(62-9)61-8-16-33(34(18(35(60)64-16)42-12(4)47)71-38-28(57)24(53)20(49)10(2)63-38)70-36-17(41-11(3)46)22(51)31(14(6-44)66-36)68-40-30(59)26(55)32(15(7-45)67-40)69-39-29(58)25(54)21(50)13(5-43)65-39/h9-10,13-40,43-45,48-60H,5-8H2,1-4H3,(H,41,46)(H,42,47)/t9-,10-,13+,14+,15+,16+,17+,18+,19+,20+,21+,22+,23+,24+,25-,26+,27-,28-,29-,30-,31+,32+,33+,34+,35+,36-,37+,38-,39+,40+/m0/s1. The van der Waals surface area contributed by atoms with Crippen molar-refractivity contribution in [1.29, 1.82) is 0 Å². The third-order valence-electron chi connectivity index (χ3n) is 13.1. The van der Waals surface area contributed by atoms with Gasteiger partial charge in [0.2, 0.25) is 11.8 Å². The van der Waals surface area contributed by atoms with E-state index in [-0.39, 0.29) is 0 Å². The predicted octanol–water partition coefficient (Wildman–Crippen LogP) is -11.8. The number of hydrogen-bond donors (Lipinski definition) is 18. The Morgan fingerprint density at radius 1 is 0.394 bits per heavy atom. The summed E-state index contributed by atoms with van der Waals surface area (Å²) in [5.74, 6) is -1.63. The average molecular weight is 1040 g/mol. The molecule has 6 saturated heterocycles. The fourth-order valence-electron chi connectivity index (χ4n) is 9.11. The highest BCUT2D eigenvalue weighted by Crippen LogP contribution is 2.37. The Balaban J connectivity index is 1.29. The molecule has 0 aromatic rings. The summed E-state index contributed by atoms with van der Waals surface area (Å²) in [4.78, 5) is 25.4. The van der Waals surface area contributed by atoms with Gasteiger partial charge in [-0.15, -0.1) is 0 Å². The molecule has 0 bridgehead atoms. The van der Waals surface area contributed by atoms with E-state index < -0.39 is 222 Å². The zero-order valence-corrected chi connectivity index (χ0v) is 38.6. The van der Waals surface area contributed by atoms with E-state index in [1.165, 1.54) is 13.8 Å². The van der Waals surface area contributed by atoms with E-state index in [1.54, 1.807) is 0 Å². The molecular formula is C40H68N2O29. The number of carbonyl (C=O) groups is 2. The van der Waals surface area contributed by atoms with Gasteiger partial charge in [0.15, 0.2) is 37.7 Å². The number of ether oxygens (including phenoxy) is 11. The molecule has 31 nitrogen and oxygen atoms in total. The molecule has 0 radical (unpaired) electrons. The van der Waals surface area contributed by atoms with Gasteiger partial charge < -0.3 is 144 Å². The van der Waals surface area contributed by atoms with Gasteiger partial charge in [-0.2, -0.15) is 0 Å². The van der Waals surface area contributed by atoms with Gasteiger partial charge in [0.05, 0.1) is 38.6 Å². The highest BCUT2D eigenvalue weighted by molar-refractivity contribution is 5.73. The molecule has 71 heavy (non-hydrogen) atoms. The Hall–Kier alpha value is -2.14. The normalized spacial score (nSPS) is 50.8. The predicted molar refractivity (Wildman–Crippen MR) is 220 cm³/mol.